The largest absolute Gasteiger partial charge is 0.508 e. The van der Waals surface area contributed by atoms with E-state index in [1.165, 1.54) is 81.0 Å². The number of aromatic hydroxyl groups is 2. The topological polar surface area (TPSA) is 149 Å². The van der Waals surface area contributed by atoms with Gasteiger partial charge in [0.05, 0.1) is 36.0 Å². The van der Waals surface area contributed by atoms with Crippen LogP contribution in [0.3, 0.4) is 0 Å². The first kappa shape index (κ1) is 39.8. The Balaban J connectivity index is 1.53. The number of aromatic nitrogens is 2. The number of nitrogens with zero attached hydrogens (tertiary/aromatic N) is 2. The van der Waals surface area contributed by atoms with E-state index in [0.717, 1.165) is 30.3 Å². The number of ketones is 1. The highest BCUT2D eigenvalue weighted by Crippen LogP contribution is 2.32. The van der Waals surface area contributed by atoms with Gasteiger partial charge in [-0.1, -0.05) is 107 Å². The minimum absolute atomic E-state index is 0.00940. The highest BCUT2D eigenvalue weighted by molar-refractivity contribution is 6.34. The number of carbonyl (C=O) groups is 3. The van der Waals surface area contributed by atoms with E-state index >= 15 is 0 Å². The van der Waals surface area contributed by atoms with Crippen LogP contribution in [-0.4, -0.2) is 50.2 Å². The van der Waals surface area contributed by atoms with Gasteiger partial charge in [-0.2, -0.15) is 0 Å². The first-order valence-electron chi connectivity index (χ1n) is 18.0. The van der Waals surface area contributed by atoms with E-state index in [9.17, 15) is 29.4 Å². The van der Waals surface area contributed by atoms with Crippen molar-refractivity contribution in [3.05, 3.63) is 105 Å². The van der Waals surface area contributed by atoms with E-state index in [0.29, 0.717) is 10.1 Å². The zero-order valence-corrected chi connectivity index (χ0v) is 30.6. The lowest BCUT2D eigenvalue weighted by Gasteiger charge is -2.18. The number of amides is 1. The number of hydrogen-bond donors (Lipinski definition) is 3. The molecule has 0 aliphatic rings. The molecule has 0 radical (unpaired) electrons. The number of Topliss-reactive ketones (excluding diaryl/α,β-unsaturated/α-hetero) is 1. The number of nitrogens with one attached hydrogen (secondary N) is 1. The van der Waals surface area contributed by atoms with Crippen LogP contribution in [-0.2, 0) is 16.1 Å². The number of ether oxygens (including phenoxy) is 2. The summed E-state index contributed by atoms with van der Waals surface area (Å²) in [6.07, 6.45) is 11.5. The Labute approximate surface area is 309 Å². The van der Waals surface area contributed by atoms with E-state index in [1.54, 1.807) is 31.2 Å². The second-order valence-electron chi connectivity index (χ2n) is 12.6. The van der Waals surface area contributed by atoms with Gasteiger partial charge in [0.15, 0.2) is 11.8 Å². The molecular weight excluding hydrogens is 686 g/mol. The fourth-order valence-corrected chi connectivity index (χ4v) is 6.04. The molecule has 12 heteroatoms. The smallest absolute Gasteiger partial charge is 0.338 e. The minimum atomic E-state index is -1.95. The number of unbranched alkanes of at least 4 members (excludes halogenated alkanes) is 9. The molecule has 0 aliphatic heterocycles. The van der Waals surface area contributed by atoms with Crippen LogP contribution in [0.2, 0.25) is 5.02 Å². The van der Waals surface area contributed by atoms with Gasteiger partial charge in [-0.25, -0.2) is 14.2 Å². The Hall–Kier alpha value is -5.03. The first-order valence-corrected chi connectivity index (χ1v) is 18.4. The summed E-state index contributed by atoms with van der Waals surface area (Å²) >= 11 is 6.43. The predicted octanol–water partition coefficient (Wildman–Crippen LogP) is 8.30. The summed E-state index contributed by atoms with van der Waals surface area (Å²) in [6, 6.07) is 16.3. The van der Waals surface area contributed by atoms with Crippen LogP contribution < -0.4 is 15.7 Å². The Morgan fingerprint density at radius 2 is 1.42 bits per heavy atom. The molecule has 4 aromatic rings. The van der Waals surface area contributed by atoms with E-state index in [2.05, 4.69) is 12.2 Å². The van der Waals surface area contributed by atoms with Crippen molar-refractivity contribution in [1.82, 2.24) is 9.13 Å². The van der Waals surface area contributed by atoms with Crippen LogP contribution in [0.15, 0.2) is 77.6 Å². The third-order valence-corrected chi connectivity index (χ3v) is 8.99. The second kappa shape index (κ2) is 20.1. The standard InChI is InChI=1S/C40H48ClN3O8/c1-3-5-6-7-8-9-10-11-12-16-25-52-39(49)30-21-24-32(41)33(26-30)42-36(47)34(35(46)29-19-22-31(45)23-20-29)44-37(48)38(51-4-2)43(40(44)50)27-28-17-14-13-15-18-28/h13-15,17-24,26,34,45,48H,3-12,16,25,27H2,1-2H3,(H,42,47). The lowest BCUT2D eigenvalue weighted by atomic mass is 10.0. The Morgan fingerprint density at radius 1 is 0.808 bits per heavy atom. The molecule has 3 N–H and O–H groups in total. The molecule has 0 fully saturated rings. The summed E-state index contributed by atoms with van der Waals surface area (Å²) < 4.78 is 12.9. The molecule has 0 saturated carbocycles. The third-order valence-electron chi connectivity index (χ3n) is 8.66. The van der Waals surface area contributed by atoms with Crippen LogP contribution in [0.1, 0.15) is 110 Å². The molecule has 1 aromatic heterocycles. The van der Waals surface area contributed by atoms with Crippen molar-refractivity contribution in [2.45, 2.75) is 90.6 Å². The molecule has 0 spiro atoms. The highest BCUT2D eigenvalue weighted by atomic mass is 35.5. The SMILES string of the molecule is CCCCCCCCCCCCOC(=O)c1ccc(Cl)c(NC(=O)C(C(=O)c2ccc(O)cc2)n2c(O)c(OCC)n(Cc3ccccc3)c2=O)c1. The van der Waals surface area contributed by atoms with E-state index < -0.39 is 35.3 Å². The van der Waals surface area contributed by atoms with Crippen molar-refractivity contribution in [2.75, 3.05) is 18.5 Å². The number of benzene rings is 3. The monoisotopic (exact) mass is 733 g/mol. The summed E-state index contributed by atoms with van der Waals surface area (Å²) in [5.74, 6) is -3.56. The summed E-state index contributed by atoms with van der Waals surface area (Å²) in [5, 5.41) is 23.8. The van der Waals surface area contributed by atoms with Crippen LogP contribution in [0.25, 0.3) is 0 Å². The maximum Gasteiger partial charge on any atom is 0.338 e. The molecule has 0 bridgehead atoms. The van der Waals surface area contributed by atoms with Crippen LogP contribution in [0.4, 0.5) is 5.69 Å². The number of phenolic OH excluding ortho intramolecular Hbond substituents is 1. The molecule has 0 saturated heterocycles. The predicted molar refractivity (Wildman–Crippen MR) is 201 cm³/mol. The van der Waals surface area contributed by atoms with E-state index in [1.807, 2.05) is 6.07 Å². The van der Waals surface area contributed by atoms with Gasteiger partial charge in [0.25, 0.3) is 17.7 Å². The lowest BCUT2D eigenvalue weighted by molar-refractivity contribution is -0.118. The maximum absolute atomic E-state index is 14.1. The van der Waals surface area contributed by atoms with Crippen molar-refractivity contribution < 1.29 is 34.1 Å². The fourth-order valence-electron chi connectivity index (χ4n) is 5.87. The highest BCUT2D eigenvalue weighted by Gasteiger charge is 2.37. The lowest BCUT2D eigenvalue weighted by Crippen LogP contribution is -2.39. The van der Waals surface area contributed by atoms with Gasteiger partial charge in [-0.3, -0.25) is 14.2 Å². The molecular formula is C40H48ClN3O8. The molecule has 1 heterocycles. The summed E-state index contributed by atoms with van der Waals surface area (Å²) in [5.41, 5.74) is -0.0798. The van der Waals surface area contributed by atoms with Gasteiger partial charge in [0, 0.05) is 5.56 Å². The molecule has 4 rings (SSSR count). The molecule has 3 aromatic carbocycles. The van der Waals surface area contributed by atoms with Gasteiger partial charge >= 0.3 is 11.7 Å². The fraction of sp³-hybridized carbons (Fsp3) is 0.400. The number of rotatable bonds is 21. The van der Waals surface area contributed by atoms with Gasteiger partial charge in [0.2, 0.25) is 0 Å². The Bertz CT molecular complexity index is 1840. The van der Waals surface area contributed by atoms with Crippen molar-refractivity contribution in [3.63, 3.8) is 0 Å². The number of esters is 1. The number of phenols is 1. The van der Waals surface area contributed by atoms with Crippen molar-refractivity contribution in [1.29, 1.82) is 0 Å². The van der Waals surface area contributed by atoms with Gasteiger partial charge in [0.1, 0.15) is 5.75 Å². The molecule has 1 amide bonds. The van der Waals surface area contributed by atoms with Crippen LogP contribution in [0, 0.1) is 0 Å². The van der Waals surface area contributed by atoms with Crippen molar-refractivity contribution >= 4 is 34.9 Å². The Morgan fingerprint density at radius 3 is 2.06 bits per heavy atom. The number of carbonyl (C=O) groups excluding carboxylic acids is 3. The molecule has 11 nitrogen and oxygen atoms in total. The average molecular weight is 734 g/mol. The molecule has 0 aliphatic carbocycles. The number of hydrogen-bond acceptors (Lipinski definition) is 8. The molecule has 1 unspecified atom stereocenters. The van der Waals surface area contributed by atoms with E-state index in [-0.39, 0.29) is 53.2 Å². The number of imidazole rings is 1. The van der Waals surface area contributed by atoms with Crippen LogP contribution >= 0.6 is 11.6 Å². The third kappa shape index (κ3) is 10.7. The summed E-state index contributed by atoms with van der Waals surface area (Å²) in [6.45, 7) is 4.17. The molecule has 278 valence electrons. The molecule has 52 heavy (non-hydrogen) atoms. The van der Waals surface area contributed by atoms with Gasteiger partial charge in [-0.15, -0.1) is 0 Å². The summed E-state index contributed by atoms with van der Waals surface area (Å²) in [4.78, 5) is 55.0. The van der Waals surface area contributed by atoms with E-state index in [4.69, 9.17) is 21.1 Å². The van der Waals surface area contributed by atoms with Crippen LogP contribution in [0.5, 0.6) is 17.5 Å². The first-order chi connectivity index (χ1) is 25.2. The van der Waals surface area contributed by atoms with Crippen molar-refractivity contribution in [2.24, 2.45) is 0 Å². The van der Waals surface area contributed by atoms with Crippen molar-refractivity contribution in [3.8, 4) is 17.5 Å². The zero-order valence-electron chi connectivity index (χ0n) is 29.8. The number of halogens is 1. The zero-order chi connectivity index (χ0) is 37.5. The Kier molecular flexibility index (Phi) is 15.4. The normalized spacial score (nSPS) is 11.6. The number of anilines is 1. The van der Waals surface area contributed by atoms with Gasteiger partial charge < -0.3 is 25.0 Å². The maximum atomic E-state index is 14.1. The second-order valence-corrected chi connectivity index (χ2v) is 13.0. The van der Waals surface area contributed by atoms with Gasteiger partial charge in [-0.05, 0) is 61.4 Å². The summed E-state index contributed by atoms with van der Waals surface area (Å²) in [7, 11) is 0. The minimum Gasteiger partial charge on any atom is -0.508 e. The quantitative estimate of drug-likeness (QED) is 0.0335. The average Bonchev–Trinajstić information content (AvgIpc) is 3.36. The molecule has 1 atom stereocenters.